The Kier molecular flexibility index (Phi) is 5.87. The van der Waals surface area contributed by atoms with Crippen molar-refractivity contribution in [2.45, 2.75) is 20.3 Å². The number of halogens is 1. The zero-order valence-electron chi connectivity index (χ0n) is 16.8. The third kappa shape index (κ3) is 4.89. The third-order valence-corrected chi connectivity index (χ3v) is 5.72. The van der Waals surface area contributed by atoms with Gasteiger partial charge in [-0.2, -0.15) is 0 Å². The Hall–Kier alpha value is -2.57. The molecule has 1 aromatic heterocycles. The average Bonchev–Trinajstić information content (AvgIpc) is 2.89. The molecule has 0 atom stereocenters. The monoisotopic (exact) mass is 430 g/mol. The first-order chi connectivity index (χ1) is 13.5. The second kappa shape index (κ2) is 8.05. The topological polar surface area (TPSA) is 68.2 Å². The number of anilines is 1. The van der Waals surface area contributed by atoms with Gasteiger partial charge in [0.05, 0.1) is 11.9 Å². The summed E-state index contributed by atoms with van der Waals surface area (Å²) in [6, 6.07) is 14.4. The number of benzene rings is 2. The predicted molar refractivity (Wildman–Crippen MR) is 117 cm³/mol. The van der Waals surface area contributed by atoms with Crippen molar-refractivity contribution in [1.29, 1.82) is 0 Å². The van der Waals surface area contributed by atoms with Crippen LogP contribution < -0.4 is 4.72 Å². The van der Waals surface area contributed by atoms with E-state index in [1.807, 2.05) is 43.7 Å². The fraction of sp³-hybridized carbons (Fsp3) is 0.227. The normalized spacial score (nSPS) is 11.5. The number of hydrogen-bond acceptors (Lipinski definition) is 3. The summed E-state index contributed by atoms with van der Waals surface area (Å²) >= 11 is 5.93. The molecule has 0 aliphatic rings. The van der Waals surface area contributed by atoms with E-state index in [0.29, 0.717) is 28.4 Å². The van der Waals surface area contributed by atoms with Gasteiger partial charge in [0.25, 0.3) is 0 Å². The zero-order valence-corrected chi connectivity index (χ0v) is 18.4. The number of hydrogen-bond donors (Lipinski definition) is 1. The van der Waals surface area contributed by atoms with Crippen LogP contribution in [0, 0.1) is 13.8 Å². The van der Waals surface area contributed by atoms with Gasteiger partial charge in [-0.25, -0.2) is 8.42 Å². The highest BCUT2D eigenvalue weighted by atomic mass is 35.5. The van der Waals surface area contributed by atoms with Crippen LogP contribution in [0.5, 0.6) is 0 Å². The number of ketones is 1. The largest absolute Gasteiger partial charge is 0.344 e. The van der Waals surface area contributed by atoms with Crippen molar-refractivity contribution in [3.8, 4) is 0 Å². The summed E-state index contributed by atoms with van der Waals surface area (Å²) in [7, 11) is -1.42. The molecule has 0 unspecified atom stereocenters. The molecular formula is C22H23ClN2O3S. The van der Waals surface area contributed by atoms with E-state index in [1.165, 1.54) is 0 Å². The van der Waals surface area contributed by atoms with Gasteiger partial charge in [0.2, 0.25) is 15.8 Å². The second-order valence-corrected chi connectivity index (χ2v) is 9.44. The Morgan fingerprint density at radius 1 is 1.03 bits per heavy atom. The van der Waals surface area contributed by atoms with E-state index in [0.717, 1.165) is 28.6 Å². The van der Waals surface area contributed by atoms with Crippen LogP contribution in [0.2, 0.25) is 5.02 Å². The Morgan fingerprint density at radius 2 is 1.69 bits per heavy atom. The fourth-order valence-corrected chi connectivity index (χ4v) is 4.11. The third-order valence-electron chi connectivity index (χ3n) is 4.86. The van der Waals surface area contributed by atoms with Gasteiger partial charge in [-0.1, -0.05) is 17.7 Å². The molecule has 0 radical (unpaired) electrons. The van der Waals surface area contributed by atoms with Crippen molar-refractivity contribution in [3.05, 3.63) is 87.2 Å². The lowest BCUT2D eigenvalue weighted by atomic mass is 10.0. The first-order valence-corrected chi connectivity index (χ1v) is 11.3. The first-order valence-electron chi connectivity index (χ1n) is 9.08. The molecule has 0 amide bonds. The summed E-state index contributed by atoms with van der Waals surface area (Å²) in [6.07, 6.45) is 1.76. The second-order valence-electron chi connectivity index (χ2n) is 7.25. The minimum Gasteiger partial charge on any atom is -0.344 e. The maximum atomic E-state index is 13.0. The lowest BCUT2D eigenvalue weighted by Gasteiger charge is -2.11. The van der Waals surface area contributed by atoms with Crippen LogP contribution in [0.1, 0.15) is 38.4 Å². The van der Waals surface area contributed by atoms with Crippen LogP contribution in [0.15, 0.2) is 48.5 Å². The molecule has 0 bridgehead atoms. The minimum atomic E-state index is -3.31. The van der Waals surface area contributed by atoms with Crippen LogP contribution in [-0.4, -0.2) is 25.0 Å². The van der Waals surface area contributed by atoms with Crippen LogP contribution in [-0.2, 0) is 23.5 Å². The number of aromatic nitrogens is 1. The molecular weight excluding hydrogens is 408 g/mol. The van der Waals surface area contributed by atoms with Crippen LogP contribution in [0.25, 0.3) is 0 Å². The summed E-state index contributed by atoms with van der Waals surface area (Å²) in [5, 5.41) is 0.593. The average molecular weight is 431 g/mol. The van der Waals surface area contributed by atoms with Crippen molar-refractivity contribution in [2.75, 3.05) is 11.0 Å². The molecule has 3 rings (SSSR count). The minimum absolute atomic E-state index is 0.0441. The summed E-state index contributed by atoms with van der Waals surface area (Å²) in [5.74, 6) is -0.0441. The highest BCUT2D eigenvalue weighted by Crippen LogP contribution is 2.24. The summed E-state index contributed by atoms with van der Waals surface area (Å²) < 4.78 is 27.2. The van der Waals surface area contributed by atoms with Gasteiger partial charge < -0.3 is 4.57 Å². The van der Waals surface area contributed by atoms with E-state index in [2.05, 4.69) is 4.72 Å². The highest BCUT2D eigenvalue weighted by molar-refractivity contribution is 7.92. The molecule has 0 saturated carbocycles. The van der Waals surface area contributed by atoms with Gasteiger partial charge >= 0.3 is 0 Å². The first kappa shape index (κ1) is 21.1. The number of rotatable bonds is 6. The quantitative estimate of drug-likeness (QED) is 0.586. The van der Waals surface area contributed by atoms with Gasteiger partial charge in [-0.15, -0.1) is 0 Å². The van der Waals surface area contributed by atoms with Crippen molar-refractivity contribution in [2.24, 2.45) is 7.05 Å². The summed E-state index contributed by atoms with van der Waals surface area (Å²) in [4.78, 5) is 13.0. The molecule has 0 spiro atoms. The van der Waals surface area contributed by atoms with Crippen molar-refractivity contribution in [3.63, 3.8) is 0 Å². The van der Waals surface area contributed by atoms with Crippen LogP contribution in [0.3, 0.4) is 0 Å². The summed E-state index contributed by atoms with van der Waals surface area (Å²) in [6.45, 7) is 3.87. The maximum absolute atomic E-state index is 13.0. The van der Waals surface area contributed by atoms with Crippen molar-refractivity contribution in [1.82, 2.24) is 4.57 Å². The molecule has 2 aromatic carbocycles. The lowest BCUT2D eigenvalue weighted by Crippen LogP contribution is -2.11. The van der Waals surface area contributed by atoms with E-state index >= 15 is 0 Å². The molecule has 1 N–H and O–H groups in total. The number of carbonyl (C=O) groups excluding carboxylic acids is 1. The molecule has 3 aromatic rings. The summed E-state index contributed by atoms with van der Waals surface area (Å²) in [5.41, 5.74) is 5.74. The van der Waals surface area contributed by atoms with E-state index in [-0.39, 0.29) is 5.78 Å². The van der Waals surface area contributed by atoms with Gasteiger partial charge in [0, 0.05) is 35.4 Å². The van der Waals surface area contributed by atoms with E-state index < -0.39 is 10.0 Å². The number of sulfonamides is 1. The molecule has 0 fully saturated rings. The van der Waals surface area contributed by atoms with Crippen molar-refractivity contribution < 1.29 is 13.2 Å². The zero-order chi connectivity index (χ0) is 21.3. The van der Waals surface area contributed by atoms with Gasteiger partial charge in [0.15, 0.2) is 0 Å². The molecule has 0 aliphatic heterocycles. The van der Waals surface area contributed by atoms with Gasteiger partial charge in [-0.3, -0.25) is 9.52 Å². The smallest absolute Gasteiger partial charge is 0.229 e. The van der Waals surface area contributed by atoms with E-state index in [1.54, 1.807) is 30.3 Å². The molecule has 5 nitrogen and oxygen atoms in total. The molecule has 1 heterocycles. The standard InChI is InChI=1S/C22H23ClN2O3S/c1-14-11-19(24-29(4,27)28)10-7-17(14)13-20-12-15(2)21(25(20)3)22(26)16-5-8-18(23)9-6-16/h5-12,24H,13H2,1-4H3. The molecule has 29 heavy (non-hydrogen) atoms. The van der Waals surface area contributed by atoms with E-state index in [9.17, 15) is 13.2 Å². The Labute approximate surface area is 176 Å². The van der Waals surface area contributed by atoms with Gasteiger partial charge in [0.1, 0.15) is 0 Å². The Balaban J connectivity index is 1.89. The number of nitrogens with zero attached hydrogens (tertiary/aromatic N) is 1. The Bertz CT molecular complexity index is 1180. The molecule has 7 heteroatoms. The van der Waals surface area contributed by atoms with Gasteiger partial charge in [-0.05, 0) is 73.0 Å². The molecule has 0 saturated heterocycles. The van der Waals surface area contributed by atoms with Crippen LogP contribution in [0.4, 0.5) is 5.69 Å². The maximum Gasteiger partial charge on any atom is 0.229 e. The number of carbonyl (C=O) groups is 1. The predicted octanol–water partition coefficient (Wildman–Crippen LogP) is 4.49. The van der Waals surface area contributed by atoms with Crippen molar-refractivity contribution >= 4 is 33.1 Å². The number of aryl methyl sites for hydroxylation is 2. The highest BCUT2D eigenvalue weighted by Gasteiger charge is 2.19. The lowest BCUT2D eigenvalue weighted by molar-refractivity contribution is 0.103. The molecule has 152 valence electrons. The SMILES string of the molecule is Cc1cc(NS(C)(=O)=O)ccc1Cc1cc(C)c(C(=O)c2ccc(Cl)cc2)n1C. The number of nitrogens with one attached hydrogen (secondary N) is 1. The fourth-order valence-electron chi connectivity index (χ4n) is 3.43. The molecule has 0 aliphatic carbocycles. The van der Waals surface area contributed by atoms with E-state index in [4.69, 9.17) is 11.6 Å². The Morgan fingerprint density at radius 3 is 2.28 bits per heavy atom. The van der Waals surface area contributed by atoms with Crippen LogP contribution >= 0.6 is 11.6 Å².